The van der Waals surface area contributed by atoms with Crippen molar-refractivity contribution >= 4 is 17.9 Å². The highest BCUT2D eigenvalue weighted by atomic mass is 16.4. The molecule has 104 valence electrons. The smallest absolute Gasteiger partial charge is 0.335 e. The second-order valence-corrected chi connectivity index (χ2v) is 3.44. The molecule has 0 atom stereocenters. The van der Waals surface area contributed by atoms with Crippen LogP contribution in [0.15, 0.2) is 24.3 Å². The molecule has 7 nitrogen and oxygen atoms in total. The van der Waals surface area contributed by atoms with E-state index in [0.717, 1.165) is 6.07 Å². The molecule has 0 aliphatic heterocycles. The summed E-state index contributed by atoms with van der Waals surface area (Å²) < 4.78 is 0. The van der Waals surface area contributed by atoms with Gasteiger partial charge in [0.2, 0.25) is 0 Å². The summed E-state index contributed by atoms with van der Waals surface area (Å²) in [7, 11) is 1.73. The van der Waals surface area contributed by atoms with E-state index < -0.39 is 17.9 Å². The molecule has 0 heterocycles. The number of hydrogen-bond acceptors (Lipinski definition) is 4. The van der Waals surface area contributed by atoms with Gasteiger partial charge in [0.1, 0.15) is 0 Å². The second-order valence-electron chi connectivity index (χ2n) is 3.44. The molecule has 1 rings (SSSR count). The van der Waals surface area contributed by atoms with E-state index in [2.05, 4.69) is 5.32 Å². The number of aromatic carboxylic acids is 2. The summed E-state index contributed by atoms with van der Waals surface area (Å²) in [4.78, 5) is 30.5. The minimum atomic E-state index is -1.13. The van der Waals surface area contributed by atoms with Crippen molar-refractivity contribution in [3.05, 3.63) is 35.4 Å². The van der Waals surface area contributed by atoms with Crippen LogP contribution in [0.2, 0.25) is 0 Å². The molecule has 0 saturated heterocycles. The lowest BCUT2D eigenvalue weighted by Gasteiger charge is -1.95. The predicted molar refractivity (Wildman–Crippen MR) is 66.5 cm³/mol. The van der Waals surface area contributed by atoms with E-state index in [1.807, 2.05) is 0 Å². The summed E-state index contributed by atoms with van der Waals surface area (Å²) in [6.07, 6.45) is 0.205. The van der Waals surface area contributed by atoms with Gasteiger partial charge in [-0.05, 0) is 25.2 Å². The molecule has 0 aliphatic rings. The third-order valence-corrected chi connectivity index (χ3v) is 1.95. The summed E-state index contributed by atoms with van der Waals surface area (Å²) in [5.41, 5.74) is -0.0372. The fourth-order valence-corrected chi connectivity index (χ4v) is 1.02. The Labute approximate surface area is 109 Å². The largest absolute Gasteiger partial charge is 0.481 e. The molecular weight excluding hydrogens is 254 g/mol. The van der Waals surface area contributed by atoms with Crippen molar-refractivity contribution in [1.82, 2.24) is 5.32 Å². The molecule has 19 heavy (non-hydrogen) atoms. The Hall–Kier alpha value is -2.41. The summed E-state index contributed by atoms with van der Waals surface area (Å²) >= 11 is 0. The van der Waals surface area contributed by atoms with E-state index in [4.69, 9.17) is 15.3 Å². The van der Waals surface area contributed by atoms with Crippen LogP contribution in [0.5, 0.6) is 0 Å². The van der Waals surface area contributed by atoms with Crippen LogP contribution in [0.25, 0.3) is 0 Å². The van der Waals surface area contributed by atoms with Gasteiger partial charge in [0.05, 0.1) is 17.5 Å². The van der Waals surface area contributed by atoms with Gasteiger partial charge < -0.3 is 20.6 Å². The van der Waals surface area contributed by atoms with Crippen LogP contribution < -0.4 is 5.32 Å². The number of benzene rings is 1. The van der Waals surface area contributed by atoms with Gasteiger partial charge in [0, 0.05) is 6.54 Å². The quantitative estimate of drug-likeness (QED) is 0.622. The van der Waals surface area contributed by atoms with Crippen molar-refractivity contribution in [3.8, 4) is 0 Å². The zero-order valence-corrected chi connectivity index (χ0v) is 10.3. The van der Waals surface area contributed by atoms with E-state index in [0.29, 0.717) is 6.54 Å². The molecule has 0 unspecified atom stereocenters. The fraction of sp³-hybridized carbons (Fsp3) is 0.250. The monoisotopic (exact) mass is 269 g/mol. The number of carbonyl (C=O) groups is 3. The first-order valence-electron chi connectivity index (χ1n) is 5.31. The maximum atomic E-state index is 10.4. The van der Waals surface area contributed by atoms with Crippen molar-refractivity contribution in [3.63, 3.8) is 0 Å². The minimum absolute atomic E-state index is 0.0186. The Morgan fingerprint density at radius 2 is 1.53 bits per heavy atom. The van der Waals surface area contributed by atoms with Gasteiger partial charge in [-0.15, -0.1) is 0 Å². The molecule has 0 spiro atoms. The zero-order chi connectivity index (χ0) is 14.8. The molecule has 0 saturated carbocycles. The molecule has 0 aromatic heterocycles. The van der Waals surface area contributed by atoms with Crippen LogP contribution >= 0.6 is 0 Å². The first-order chi connectivity index (χ1) is 8.88. The van der Waals surface area contributed by atoms with E-state index in [9.17, 15) is 14.4 Å². The summed E-state index contributed by atoms with van der Waals surface area (Å²) in [6.45, 7) is 0.551. The fourth-order valence-electron chi connectivity index (χ4n) is 1.02. The number of carboxylic acids is 3. The molecule has 0 aliphatic carbocycles. The number of aliphatic carboxylic acids is 1. The standard InChI is InChI=1S/C8H6O4.C4H9NO2/c9-7(10)5-2-1-3-6(4-5)8(11)12;1-5-3-2-4(6)7/h1-4H,(H,9,10)(H,11,12);5H,2-3H2,1H3,(H,6,7). The lowest BCUT2D eigenvalue weighted by molar-refractivity contribution is -0.136. The van der Waals surface area contributed by atoms with Gasteiger partial charge in [0.15, 0.2) is 0 Å². The summed E-state index contributed by atoms with van der Waals surface area (Å²) in [6, 6.07) is 5.20. The Bertz CT molecular complexity index is 428. The molecule has 1 aromatic carbocycles. The SMILES string of the molecule is CNCCC(=O)O.O=C(O)c1cccc(C(=O)O)c1. The highest BCUT2D eigenvalue weighted by molar-refractivity contribution is 5.93. The van der Waals surface area contributed by atoms with Crippen LogP contribution in [0.3, 0.4) is 0 Å². The Morgan fingerprint density at radius 3 is 1.79 bits per heavy atom. The number of carboxylic acid groups (broad SMARTS) is 3. The van der Waals surface area contributed by atoms with Gasteiger partial charge in [0.25, 0.3) is 0 Å². The van der Waals surface area contributed by atoms with E-state index in [1.165, 1.54) is 18.2 Å². The Morgan fingerprint density at radius 1 is 1.05 bits per heavy atom. The maximum absolute atomic E-state index is 10.4. The molecule has 1 aromatic rings. The van der Waals surface area contributed by atoms with E-state index in [1.54, 1.807) is 7.05 Å². The number of hydrogen-bond donors (Lipinski definition) is 4. The van der Waals surface area contributed by atoms with E-state index >= 15 is 0 Å². The van der Waals surface area contributed by atoms with Gasteiger partial charge >= 0.3 is 17.9 Å². The minimum Gasteiger partial charge on any atom is -0.481 e. The van der Waals surface area contributed by atoms with Crippen LogP contribution in [-0.4, -0.2) is 46.8 Å². The third-order valence-electron chi connectivity index (χ3n) is 1.95. The first-order valence-corrected chi connectivity index (χ1v) is 5.31. The van der Waals surface area contributed by atoms with Crippen LogP contribution in [-0.2, 0) is 4.79 Å². The number of nitrogens with one attached hydrogen (secondary N) is 1. The molecule has 0 bridgehead atoms. The molecule has 0 amide bonds. The van der Waals surface area contributed by atoms with Gasteiger partial charge in [-0.25, -0.2) is 9.59 Å². The van der Waals surface area contributed by atoms with Crippen LogP contribution in [0, 0.1) is 0 Å². The number of rotatable bonds is 5. The summed E-state index contributed by atoms with van der Waals surface area (Å²) in [5.74, 6) is -3.01. The Balaban J connectivity index is 0.000000399. The average molecular weight is 269 g/mol. The van der Waals surface area contributed by atoms with Crippen LogP contribution in [0.1, 0.15) is 27.1 Å². The van der Waals surface area contributed by atoms with Crippen molar-refractivity contribution < 1.29 is 29.7 Å². The zero-order valence-electron chi connectivity index (χ0n) is 10.3. The highest BCUT2D eigenvalue weighted by Gasteiger charge is 2.06. The first kappa shape index (κ1) is 16.6. The van der Waals surface area contributed by atoms with Gasteiger partial charge in [-0.2, -0.15) is 0 Å². The Kier molecular flexibility index (Phi) is 7.55. The van der Waals surface area contributed by atoms with Crippen molar-refractivity contribution in [2.24, 2.45) is 0 Å². The average Bonchev–Trinajstić information content (AvgIpc) is 2.37. The molecule has 0 fully saturated rings. The maximum Gasteiger partial charge on any atom is 0.335 e. The second kappa shape index (κ2) is 8.65. The van der Waals surface area contributed by atoms with Crippen LogP contribution in [0.4, 0.5) is 0 Å². The molecule has 7 heteroatoms. The van der Waals surface area contributed by atoms with Crippen molar-refractivity contribution in [2.75, 3.05) is 13.6 Å². The lowest BCUT2D eigenvalue weighted by atomic mass is 10.1. The van der Waals surface area contributed by atoms with E-state index in [-0.39, 0.29) is 17.5 Å². The summed E-state index contributed by atoms with van der Waals surface area (Å²) in [5, 5.41) is 27.7. The van der Waals surface area contributed by atoms with Gasteiger partial charge in [-0.1, -0.05) is 6.07 Å². The van der Waals surface area contributed by atoms with Crippen molar-refractivity contribution in [2.45, 2.75) is 6.42 Å². The molecular formula is C12H15NO6. The predicted octanol–water partition coefficient (Wildman–Crippen LogP) is 0.763. The molecule has 0 radical (unpaired) electrons. The topological polar surface area (TPSA) is 124 Å². The lowest BCUT2D eigenvalue weighted by Crippen LogP contribution is -2.11. The highest BCUT2D eigenvalue weighted by Crippen LogP contribution is 2.04. The molecule has 4 N–H and O–H groups in total. The van der Waals surface area contributed by atoms with Crippen molar-refractivity contribution in [1.29, 1.82) is 0 Å². The van der Waals surface area contributed by atoms with Gasteiger partial charge in [-0.3, -0.25) is 4.79 Å². The normalized spacial score (nSPS) is 9.11. The third kappa shape index (κ3) is 7.50.